The van der Waals surface area contributed by atoms with Crippen molar-refractivity contribution in [2.75, 3.05) is 18.4 Å². The van der Waals surface area contributed by atoms with Gasteiger partial charge in [-0.05, 0) is 38.8 Å². The van der Waals surface area contributed by atoms with Gasteiger partial charge in [-0.2, -0.15) is 0 Å². The van der Waals surface area contributed by atoms with Crippen LogP contribution in [0.15, 0.2) is 34.4 Å². The molecule has 9 heteroatoms. The Bertz CT molecular complexity index is 986. The summed E-state index contributed by atoms with van der Waals surface area (Å²) in [6.45, 7) is 4.85. The molecule has 150 valence electrons. The van der Waals surface area contributed by atoms with Crippen LogP contribution in [0.1, 0.15) is 56.6 Å². The van der Waals surface area contributed by atoms with E-state index in [4.69, 9.17) is 4.52 Å². The largest absolute Gasteiger partial charge is 0.361 e. The number of hydrogen-bond acceptors (Lipinski definition) is 7. The minimum absolute atomic E-state index is 0.0261. The lowest BCUT2D eigenvalue weighted by Crippen LogP contribution is -2.38. The molecule has 4 rings (SSSR count). The van der Waals surface area contributed by atoms with E-state index in [1.54, 1.807) is 37.7 Å². The van der Waals surface area contributed by atoms with E-state index in [0.29, 0.717) is 40.8 Å². The first-order valence-corrected chi connectivity index (χ1v) is 10.3. The average Bonchev–Trinajstić information content (AvgIpc) is 3.37. The number of likely N-dealkylation sites (tertiary alicyclic amines) is 1. The normalized spacial score (nSPS) is 14.8. The second kappa shape index (κ2) is 8.12. The number of hydrogen-bond donors (Lipinski definition) is 1. The van der Waals surface area contributed by atoms with Gasteiger partial charge < -0.3 is 9.42 Å². The van der Waals surface area contributed by atoms with Crippen LogP contribution in [0.5, 0.6) is 0 Å². The van der Waals surface area contributed by atoms with E-state index in [-0.39, 0.29) is 17.7 Å². The van der Waals surface area contributed by atoms with E-state index in [9.17, 15) is 9.59 Å². The predicted molar refractivity (Wildman–Crippen MR) is 108 cm³/mol. The van der Waals surface area contributed by atoms with E-state index in [2.05, 4.69) is 20.4 Å². The molecule has 4 heterocycles. The summed E-state index contributed by atoms with van der Waals surface area (Å²) in [4.78, 5) is 35.4. The van der Waals surface area contributed by atoms with Gasteiger partial charge in [-0.3, -0.25) is 19.9 Å². The third kappa shape index (κ3) is 4.04. The van der Waals surface area contributed by atoms with Crippen LogP contribution in [-0.2, 0) is 0 Å². The molecule has 1 fully saturated rings. The molecule has 1 N–H and O–H groups in total. The van der Waals surface area contributed by atoms with Crippen LogP contribution in [-0.4, -0.2) is 44.9 Å². The molecule has 0 aromatic carbocycles. The highest BCUT2D eigenvalue weighted by molar-refractivity contribution is 7.13. The number of thiazole rings is 1. The van der Waals surface area contributed by atoms with Gasteiger partial charge in [-0.15, -0.1) is 11.3 Å². The highest BCUT2D eigenvalue weighted by Crippen LogP contribution is 2.28. The first-order valence-electron chi connectivity index (χ1n) is 9.42. The summed E-state index contributed by atoms with van der Waals surface area (Å²) in [5.74, 6) is 0.573. The topological polar surface area (TPSA) is 101 Å². The van der Waals surface area contributed by atoms with Gasteiger partial charge >= 0.3 is 0 Å². The zero-order valence-electron chi connectivity index (χ0n) is 16.2. The minimum Gasteiger partial charge on any atom is -0.361 e. The summed E-state index contributed by atoms with van der Waals surface area (Å²) in [7, 11) is 0. The number of nitrogens with one attached hydrogen (secondary N) is 1. The van der Waals surface area contributed by atoms with Crippen LogP contribution in [0.4, 0.5) is 5.13 Å². The quantitative estimate of drug-likeness (QED) is 0.706. The maximum atomic E-state index is 12.8. The average molecular weight is 411 g/mol. The number of nitrogens with zero attached hydrogens (tertiary/aromatic N) is 4. The van der Waals surface area contributed by atoms with Gasteiger partial charge in [0.05, 0.1) is 11.3 Å². The Morgan fingerprint density at radius 2 is 2.00 bits per heavy atom. The van der Waals surface area contributed by atoms with Crippen molar-refractivity contribution in [3.05, 3.63) is 58.2 Å². The zero-order chi connectivity index (χ0) is 20.4. The highest BCUT2D eigenvalue weighted by atomic mass is 32.1. The monoisotopic (exact) mass is 411 g/mol. The van der Waals surface area contributed by atoms with Crippen LogP contribution in [0, 0.1) is 13.8 Å². The lowest BCUT2D eigenvalue weighted by molar-refractivity contribution is 0.0709. The maximum Gasteiger partial charge on any atom is 0.259 e. The number of rotatable bonds is 4. The zero-order valence-corrected chi connectivity index (χ0v) is 17.0. The fraction of sp³-hybridized carbons (Fsp3) is 0.350. The van der Waals surface area contributed by atoms with Gasteiger partial charge in [0.15, 0.2) is 5.13 Å². The Balaban J connectivity index is 1.36. The third-order valence-electron chi connectivity index (χ3n) is 5.15. The molecule has 1 saturated heterocycles. The fourth-order valence-corrected chi connectivity index (χ4v) is 4.08. The Kier molecular flexibility index (Phi) is 5.39. The van der Waals surface area contributed by atoms with Crippen molar-refractivity contribution >= 4 is 28.3 Å². The molecule has 0 atom stereocenters. The van der Waals surface area contributed by atoms with Gasteiger partial charge in [0.2, 0.25) is 0 Å². The number of aryl methyl sites for hydroxylation is 2. The van der Waals surface area contributed by atoms with Crippen molar-refractivity contribution in [2.45, 2.75) is 32.6 Å². The van der Waals surface area contributed by atoms with E-state index < -0.39 is 0 Å². The SMILES string of the molecule is Cc1noc(C)c1C(=O)N1CCC(c2ccc(C(=O)Nc3nccs3)cn2)CC1. The van der Waals surface area contributed by atoms with Crippen molar-refractivity contribution in [1.82, 2.24) is 20.0 Å². The molecule has 0 unspecified atom stereocenters. The fourth-order valence-electron chi connectivity index (χ4n) is 3.56. The van der Waals surface area contributed by atoms with Gasteiger partial charge in [-0.1, -0.05) is 5.16 Å². The summed E-state index contributed by atoms with van der Waals surface area (Å²) in [5.41, 5.74) is 2.63. The molecule has 1 aliphatic heterocycles. The molecular weight excluding hydrogens is 390 g/mol. The van der Waals surface area contributed by atoms with Gasteiger partial charge in [0.1, 0.15) is 11.3 Å². The van der Waals surface area contributed by atoms with Crippen molar-refractivity contribution < 1.29 is 14.1 Å². The van der Waals surface area contributed by atoms with Gasteiger partial charge in [-0.25, -0.2) is 4.98 Å². The molecule has 3 aromatic heterocycles. The van der Waals surface area contributed by atoms with Crippen LogP contribution in [0.25, 0.3) is 0 Å². The number of anilines is 1. The number of amides is 2. The summed E-state index contributed by atoms with van der Waals surface area (Å²) < 4.78 is 5.12. The molecule has 1 aliphatic rings. The summed E-state index contributed by atoms with van der Waals surface area (Å²) in [6, 6.07) is 3.68. The molecule has 0 bridgehead atoms. The molecule has 3 aromatic rings. The van der Waals surface area contributed by atoms with Crippen molar-refractivity contribution in [3.63, 3.8) is 0 Å². The first-order chi connectivity index (χ1) is 14.0. The lowest BCUT2D eigenvalue weighted by Gasteiger charge is -2.31. The van der Waals surface area contributed by atoms with E-state index in [1.807, 2.05) is 11.0 Å². The van der Waals surface area contributed by atoms with Crippen LogP contribution >= 0.6 is 11.3 Å². The Morgan fingerprint density at radius 3 is 2.59 bits per heavy atom. The van der Waals surface area contributed by atoms with E-state index in [1.165, 1.54) is 11.3 Å². The lowest BCUT2D eigenvalue weighted by atomic mass is 9.92. The molecule has 0 radical (unpaired) electrons. The second-order valence-electron chi connectivity index (χ2n) is 7.03. The number of carbonyl (C=O) groups excluding carboxylic acids is 2. The Labute approximate surface area is 172 Å². The standard InChI is InChI=1S/C20H21N5O3S/c1-12-17(13(2)28-24-12)19(27)25-8-5-14(6-9-25)16-4-3-15(11-22-16)18(26)23-20-21-7-10-29-20/h3-4,7,10-11,14H,5-6,8-9H2,1-2H3,(H,21,23,26). The summed E-state index contributed by atoms with van der Waals surface area (Å²) >= 11 is 1.37. The van der Waals surface area contributed by atoms with E-state index >= 15 is 0 Å². The smallest absolute Gasteiger partial charge is 0.259 e. The van der Waals surface area contributed by atoms with Crippen molar-refractivity contribution in [1.29, 1.82) is 0 Å². The van der Waals surface area contributed by atoms with E-state index in [0.717, 1.165) is 18.5 Å². The van der Waals surface area contributed by atoms with Gasteiger partial charge in [0, 0.05) is 42.5 Å². The predicted octanol–water partition coefficient (Wildman–Crippen LogP) is 3.42. The molecule has 8 nitrogen and oxygen atoms in total. The maximum absolute atomic E-state index is 12.8. The number of aromatic nitrogens is 3. The molecular formula is C20H21N5O3S. The van der Waals surface area contributed by atoms with Crippen LogP contribution in [0.2, 0.25) is 0 Å². The highest BCUT2D eigenvalue weighted by Gasteiger charge is 2.28. The van der Waals surface area contributed by atoms with Crippen LogP contribution < -0.4 is 5.32 Å². The molecule has 2 amide bonds. The summed E-state index contributed by atoms with van der Waals surface area (Å²) in [5, 5.41) is 8.99. The molecule has 0 saturated carbocycles. The van der Waals surface area contributed by atoms with Gasteiger partial charge in [0.25, 0.3) is 11.8 Å². The number of pyridine rings is 1. The first kappa shape index (κ1) is 19.3. The van der Waals surface area contributed by atoms with Crippen molar-refractivity contribution in [2.24, 2.45) is 0 Å². The molecule has 29 heavy (non-hydrogen) atoms. The Morgan fingerprint density at radius 1 is 1.21 bits per heavy atom. The second-order valence-corrected chi connectivity index (χ2v) is 7.92. The minimum atomic E-state index is -0.223. The third-order valence-corrected chi connectivity index (χ3v) is 5.84. The van der Waals surface area contributed by atoms with Crippen LogP contribution in [0.3, 0.4) is 0 Å². The molecule has 0 aliphatic carbocycles. The molecule has 0 spiro atoms. The van der Waals surface area contributed by atoms with Crippen molar-refractivity contribution in [3.8, 4) is 0 Å². The summed E-state index contributed by atoms with van der Waals surface area (Å²) in [6.07, 6.45) is 4.89. The Hall–Kier alpha value is -3.07. The number of piperidine rings is 1. The number of carbonyl (C=O) groups is 2.